The van der Waals surface area contributed by atoms with E-state index in [4.69, 9.17) is 10.8 Å². The summed E-state index contributed by atoms with van der Waals surface area (Å²) in [6.45, 7) is 2.02. The van der Waals surface area contributed by atoms with Crippen LogP contribution in [0.5, 0.6) is 0 Å². The first-order chi connectivity index (χ1) is 9.26. The lowest BCUT2D eigenvalue weighted by Gasteiger charge is -2.33. The number of carbonyl (C=O) groups excluding carboxylic acids is 1. The van der Waals surface area contributed by atoms with Crippen LogP contribution in [0.3, 0.4) is 0 Å². The largest absolute Gasteiger partial charge is 0.396 e. The fourth-order valence-electron chi connectivity index (χ4n) is 2.62. The summed E-state index contributed by atoms with van der Waals surface area (Å²) in [7, 11) is 0. The van der Waals surface area contributed by atoms with Crippen LogP contribution >= 0.6 is 0 Å². The molecule has 1 atom stereocenters. The number of hydrogen-bond acceptors (Lipinski definition) is 3. The average Bonchev–Trinajstić information content (AvgIpc) is 2.49. The van der Waals surface area contributed by atoms with Gasteiger partial charge in [-0.05, 0) is 24.3 Å². The lowest BCUT2D eigenvalue weighted by atomic mass is 9.94. The van der Waals surface area contributed by atoms with Crippen molar-refractivity contribution >= 4 is 5.91 Å². The fraction of sp³-hybridized carbons (Fsp3) is 0.533. The van der Waals surface area contributed by atoms with Gasteiger partial charge in [0.1, 0.15) is 0 Å². The smallest absolute Gasteiger partial charge is 0.231 e. The summed E-state index contributed by atoms with van der Waals surface area (Å²) in [5.74, 6) is 0.217. The van der Waals surface area contributed by atoms with Gasteiger partial charge in [-0.1, -0.05) is 30.3 Å². The third-order valence-corrected chi connectivity index (χ3v) is 3.92. The van der Waals surface area contributed by atoms with Crippen molar-refractivity contribution in [2.24, 2.45) is 11.7 Å². The number of hydrogen-bond donors (Lipinski definition) is 2. The van der Waals surface area contributed by atoms with Crippen LogP contribution < -0.4 is 5.73 Å². The van der Waals surface area contributed by atoms with Gasteiger partial charge in [-0.15, -0.1) is 0 Å². The molecule has 1 aromatic carbocycles. The number of rotatable bonds is 4. The number of aliphatic hydroxyl groups excluding tert-OH is 1. The van der Waals surface area contributed by atoms with Gasteiger partial charge in [-0.25, -0.2) is 0 Å². The molecule has 0 saturated carbocycles. The molecule has 1 saturated heterocycles. The Kier molecular flexibility index (Phi) is 4.93. The van der Waals surface area contributed by atoms with Crippen molar-refractivity contribution < 1.29 is 9.90 Å². The average molecular weight is 262 g/mol. The molecule has 1 unspecified atom stereocenters. The molecule has 1 heterocycles. The predicted octanol–water partition coefficient (Wildman–Crippen LogP) is 0.960. The number of carbonyl (C=O) groups is 1. The van der Waals surface area contributed by atoms with Crippen LogP contribution in [0.2, 0.25) is 0 Å². The minimum atomic E-state index is -0.244. The normalized spacial score (nSPS) is 18.3. The minimum Gasteiger partial charge on any atom is -0.396 e. The van der Waals surface area contributed by atoms with Gasteiger partial charge in [0.15, 0.2) is 0 Å². The Morgan fingerprint density at radius 3 is 2.47 bits per heavy atom. The number of likely N-dealkylation sites (tertiary alicyclic amines) is 1. The van der Waals surface area contributed by atoms with E-state index < -0.39 is 0 Å². The molecule has 4 nitrogen and oxygen atoms in total. The summed E-state index contributed by atoms with van der Waals surface area (Å²) in [6.07, 6.45) is 1.77. The highest BCUT2D eigenvalue weighted by atomic mass is 16.3. The molecule has 1 aliphatic heterocycles. The minimum absolute atomic E-state index is 0.116. The first kappa shape index (κ1) is 14.0. The van der Waals surface area contributed by atoms with E-state index in [1.165, 1.54) is 0 Å². The van der Waals surface area contributed by atoms with Crippen LogP contribution in [0, 0.1) is 5.92 Å². The molecule has 0 radical (unpaired) electrons. The summed E-state index contributed by atoms with van der Waals surface area (Å²) in [5, 5.41) is 9.13. The topological polar surface area (TPSA) is 66.6 Å². The summed E-state index contributed by atoms with van der Waals surface area (Å²) >= 11 is 0. The van der Waals surface area contributed by atoms with Crippen molar-refractivity contribution in [3.63, 3.8) is 0 Å². The van der Waals surface area contributed by atoms with E-state index in [-0.39, 0.29) is 18.4 Å². The highest BCUT2D eigenvalue weighted by Crippen LogP contribution is 2.22. The number of aliphatic hydroxyl groups is 1. The Morgan fingerprint density at radius 1 is 1.32 bits per heavy atom. The van der Waals surface area contributed by atoms with Gasteiger partial charge in [0.05, 0.1) is 5.92 Å². The molecule has 1 aliphatic rings. The first-order valence-electron chi connectivity index (χ1n) is 6.91. The maximum atomic E-state index is 12.5. The van der Waals surface area contributed by atoms with Crippen LogP contribution in [0.15, 0.2) is 30.3 Å². The highest BCUT2D eigenvalue weighted by Gasteiger charge is 2.28. The zero-order chi connectivity index (χ0) is 13.7. The fourth-order valence-corrected chi connectivity index (χ4v) is 2.62. The Bertz CT molecular complexity index is 400. The molecule has 104 valence electrons. The standard InChI is InChI=1S/C15H22N2O2/c16-10-14(13-4-2-1-3-5-13)15(19)17-8-6-12(11-18)7-9-17/h1-5,12,14,18H,6-11,16H2. The second-order valence-electron chi connectivity index (χ2n) is 5.15. The summed E-state index contributed by atoms with van der Waals surface area (Å²) in [4.78, 5) is 14.4. The van der Waals surface area contributed by atoms with Crippen LogP contribution in [0.25, 0.3) is 0 Å². The van der Waals surface area contributed by atoms with Crippen LogP contribution in [0.4, 0.5) is 0 Å². The van der Waals surface area contributed by atoms with E-state index >= 15 is 0 Å². The molecular formula is C15H22N2O2. The molecule has 1 fully saturated rings. The van der Waals surface area contributed by atoms with Gasteiger partial charge < -0.3 is 15.7 Å². The lowest BCUT2D eigenvalue weighted by Crippen LogP contribution is -2.43. The number of amides is 1. The predicted molar refractivity (Wildman–Crippen MR) is 74.6 cm³/mol. The van der Waals surface area contributed by atoms with Crippen molar-refractivity contribution in [2.45, 2.75) is 18.8 Å². The molecule has 2 rings (SSSR count). The van der Waals surface area contributed by atoms with Crippen molar-refractivity contribution in [3.05, 3.63) is 35.9 Å². The van der Waals surface area contributed by atoms with Crippen molar-refractivity contribution in [2.75, 3.05) is 26.2 Å². The molecule has 4 heteroatoms. The monoisotopic (exact) mass is 262 g/mol. The van der Waals surface area contributed by atoms with Crippen LogP contribution in [0.1, 0.15) is 24.3 Å². The van der Waals surface area contributed by atoms with Gasteiger partial charge in [-0.2, -0.15) is 0 Å². The van der Waals surface area contributed by atoms with E-state index in [0.717, 1.165) is 31.5 Å². The number of piperidine rings is 1. The molecule has 0 aliphatic carbocycles. The summed E-state index contributed by atoms with van der Waals surface area (Å²) in [5.41, 5.74) is 6.76. The molecular weight excluding hydrogens is 240 g/mol. The van der Waals surface area contributed by atoms with Gasteiger partial charge >= 0.3 is 0 Å². The van der Waals surface area contributed by atoms with Crippen LogP contribution in [-0.2, 0) is 4.79 Å². The molecule has 0 aromatic heterocycles. The van der Waals surface area contributed by atoms with E-state index in [0.29, 0.717) is 12.5 Å². The zero-order valence-corrected chi connectivity index (χ0v) is 11.2. The Labute approximate surface area is 114 Å². The summed E-state index contributed by atoms with van der Waals surface area (Å²) in [6, 6.07) is 9.71. The number of nitrogens with zero attached hydrogens (tertiary/aromatic N) is 1. The SMILES string of the molecule is NCC(C(=O)N1CCC(CO)CC1)c1ccccc1. The van der Waals surface area contributed by atoms with Crippen molar-refractivity contribution in [1.82, 2.24) is 4.90 Å². The third kappa shape index (κ3) is 3.33. The van der Waals surface area contributed by atoms with Gasteiger partial charge in [0.2, 0.25) is 5.91 Å². The molecule has 1 amide bonds. The van der Waals surface area contributed by atoms with Crippen molar-refractivity contribution in [1.29, 1.82) is 0 Å². The lowest BCUT2D eigenvalue weighted by molar-refractivity contribution is -0.134. The van der Waals surface area contributed by atoms with E-state index in [1.54, 1.807) is 0 Å². The molecule has 0 bridgehead atoms. The van der Waals surface area contributed by atoms with Crippen molar-refractivity contribution in [3.8, 4) is 0 Å². The number of benzene rings is 1. The van der Waals surface area contributed by atoms with E-state index in [1.807, 2.05) is 35.2 Å². The van der Waals surface area contributed by atoms with E-state index in [9.17, 15) is 4.79 Å². The maximum absolute atomic E-state index is 12.5. The number of nitrogens with two attached hydrogens (primary N) is 1. The van der Waals surface area contributed by atoms with Gasteiger partial charge in [0.25, 0.3) is 0 Å². The molecule has 0 spiro atoms. The molecule has 19 heavy (non-hydrogen) atoms. The van der Waals surface area contributed by atoms with E-state index in [2.05, 4.69) is 0 Å². The quantitative estimate of drug-likeness (QED) is 0.849. The Balaban J connectivity index is 2.02. The Morgan fingerprint density at radius 2 is 1.95 bits per heavy atom. The second kappa shape index (κ2) is 6.68. The third-order valence-electron chi connectivity index (χ3n) is 3.92. The van der Waals surface area contributed by atoms with Crippen LogP contribution in [-0.4, -0.2) is 42.2 Å². The first-order valence-corrected chi connectivity index (χ1v) is 6.91. The second-order valence-corrected chi connectivity index (χ2v) is 5.15. The van der Waals surface area contributed by atoms with Gasteiger partial charge in [-0.3, -0.25) is 4.79 Å². The molecule has 1 aromatic rings. The zero-order valence-electron chi connectivity index (χ0n) is 11.2. The molecule has 3 N–H and O–H groups in total. The summed E-state index contributed by atoms with van der Waals surface area (Å²) < 4.78 is 0. The van der Waals surface area contributed by atoms with Gasteiger partial charge in [0, 0.05) is 26.2 Å². The highest BCUT2D eigenvalue weighted by molar-refractivity contribution is 5.84. The Hall–Kier alpha value is -1.39. The maximum Gasteiger partial charge on any atom is 0.231 e.